The highest BCUT2D eigenvalue weighted by Crippen LogP contribution is 2.20. The van der Waals surface area contributed by atoms with Crippen molar-refractivity contribution >= 4 is 33.4 Å². The third kappa shape index (κ3) is 4.08. The molecule has 4 nitrogen and oxygen atoms in total. The number of nitrogens with one attached hydrogen (secondary N) is 2. The molecule has 2 N–H and O–H groups in total. The van der Waals surface area contributed by atoms with E-state index in [-0.39, 0.29) is 5.91 Å². The second kappa shape index (κ2) is 6.73. The van der Waals surface area contributed by atoms with Crippen LogP contribution in [-0.4, -0.2) is 22.4 Å². The van der Waals surface area contributed by atoms with E-state index in [1.807, 2.05) is 0 Å². The number of hydrogen-bond donors (Lipinski definition) is 2. The molecule has 1 aromatic carbocycles. The van der Waals surface area contributed by atoms with Gasteiger partial charge in [-0.15, -0.1) is 0 Å². The van der Waals surface area contributed by atoms with Gasteiger partial charge < -0.3 is 10.3 Å². The summed E-state index contributed by atoms with van der Waals surface area (Å²) in [5.41, 5.74) is 0.547. The van der Waals surface area contributed by atoms with Gasteiger partial charge in [-0.05, 0) is 40.5 Å². The van der Waals surface area contributed by atoms with Gasteiger partial charge in [-0.25, -0.2) is 4.98 Å². The zero-order valence-corrected chi connectivity index (χ0v) is 12.5. The normalized spacial score (nSPS) is 10.4. The zero-order chi connectivity index (χ0) is 13.7. The van der Waals surface area contributed by atoms with Gasteiger partial charge in [0, 0.05) is 34.9 Å². The summed E-state index contributed by atoms with van der Waals surface area (Å²) < 4.78 is 0.737. The van der Waals surface area contributed by atoms with Gasteiger partial charge in [0.15, 0.2) is 0 Å². The number of amides is 1. The Kier molecular flexibility index (Phi) is 4.99. The molecule has 0 aliphatic rings. The van der Waals surface area contributed by atoms with Gasteiger partial charge in [0.2, 0.25) is 0 Å². The summed E-state index contributed by atoms with van der Waals surface area (Å²) in [6.45, 7) is 0.596. The van der Waals surface area contributed by atoms with Crippen LogP contribution >= 0.6 is 27.5 Å². The summed E-state index contributed by atoms with van der Waals surface area (Å²) in [4.78, 5) is 19.1. The fourth-order valence-electron chi connectivity index (χ4n) is 1.66. The Morgan fingerprint density at radius 3 is 3.05 bits per heavy atom. The molecule has 0 bridgehead atoms. The predicted molar refractivity (Wildman–Crippen MR) is 78.4 cm³/mol. The third-order valence-corrected chi connectivity index (χ3v) is 3.53. The standard InChI is InChI=1S/C13H13BrClN3O/c14-11-4-3-9(15)8-10(11)13(19)18-5-1-2-12-16-6-7-17-12/h3-4,6-8H,1-2,5H2,(H,16,17)(H,18,19). The van der Waals surface area contributed by atoms with Crippen molar-refractivity contribution in [1.82, 2.24) is 15.3 Å². The topological polar surface area (TPSA) is 57.8 Å². The summed E-state index contributed by atoms with van der Waals surface area (Å²) in [5.74, 6) is 0.798. The Labute approximate surface area is 124 Å². The van der Waals surface area contributed by atoms with Crippen molar-refractivity contribution in [3.8, 4) is 0 Å². The van der Waals surface area contributed by atoms with Crippen molar-refractivity contribution in [2.45, 2.75) is 12.8 Å². The van der Waals surface area contributed by atoms with Crippen LogP contribution in [0.15, 0.2) is 35.1 Å². The van der Waals surface area contributed by atoms with E-state index in [2.05, 4.69) is 31.2 Å². The number of aryl methyl sites for hydroxylation is 1. The minimum absolute atomic E-state index is 0.131. The number of aromatic amines is 1. The van der Waals surface area contributed by atoms with E-state index in [9.17, 15) is 4.79 Å². The highest BCUT2D eigenvalue weighted by atomic mass is 79.9. The molecule has 0 spiro atoms. The molecule has 0 atom stereocenters. The summed E-state index contributed by atoms with van der Waals surface area (Å²) in [5, 5.41) is 3.41. The van der Waals surface area contributed by atoms with Crippen molar-refractivity contribution in [3.05, 3.63) is 51.5 Å². The second-order valence-corrected chi connectivity index (χ2v) is 5.31. The Hall–Kier alpha value is -1.33. The van der Waals surface area contributed by atoms with Crippen molar-refractivity contribution in [2.75, 3.05) is 6.54 Å². The first-order chi connectivity index (χ1) is 9.16. The van der Waals surface area contributed by atoms with Crippen molar-refractivity contribution in [3.63, 3.8) is 0 Å². The van der Waals surface area contributed by atoms with E-state index in [1.165, 1.54) is 0 Å². The van der Waals surface area contributed by atoms with Crippen LogP contribution in [-0.2, 0) is 6.42 Å². The molecule has 0 unspecified atom stereocenters. The molecule has 1 aromatic heterocycles. The van der Waals surface area contributed by atoms with E-state index in [4.69, 9.17) is 11.6 Å². The van der Waals surface area contributed by atoms with Gasteiger partial charge in [-0.3, -0.25) is 4.79 Å². The van der Waals surface area contributed by atoms with Gasteiger partial charge in [0.1, 0.15) is 5.82 Å². The van der Waals surface area contributed by atoms with Crippen LogP contribution in [0.1, 0.15) is 22.6 Å². The molecule has 0 fully saturated rings. The van der Waals surface area contributed by atoms with E-state index in [1.54, 1.807) is 30.6 Å². The van der Waals surface area contributed by atoms with Crippen LogP contribution in [0.3, 0.4) is 0 Å². The fraction of sp³-hybridized carbons (Fsp3) is 0.231. The smallest absolute Gasteiger partial charge is 0.252 e. The molecule has 1 amide bonds. The molecule has 0 radical (unpaired) electrons. The molecule has 0 aliphatic carbocycles. The number of hydrogen-bond acceptors (Lipinski definition) is 2. The minimum Gasteiger partial charge on any atom is -0.352 e. The largest absolute Gasteiger partial charge is 0.352 e. The lowest BCUT2D eigenvalue weighted by Crippen LogP contribution is -2.25. The van der Waals surface area contributed by atoms with Gasteiger partial charge >= 0.3 is 0 Å². The first-order valence-corrected chi connectivity index (χ1v) is 7.05. The van der Waals surface area contributed by atoms with E-state index in [0.717, 1.165) is 23.1 Å². The average molecular weight is 343 g/mol. The Morgan fingerprint density at radius 1 is 1.47 bits per heavy atom. The molecule has 0 aliphatic heterocycles. The van der Waals surface area contributed by atoms with Crippen LogP contribution in [0.25, 0.3) is 0 Å². The van der Waals surface area contributed by atoms with Gasteiger partial charge in [-0.2, -0.15) is 0 Å². The van der Waals surface area contributed by atoms with E-state index in [0.29, 0.717) is 17.1 Å². The SMILES string of the molecule is O=C(NCCCc1ncc[nH]1)c1cc(Cl)ccc1Br. The monoisotopic (exact) mass is 341 g/mol. The van der Waals surface area contributed by atoms with Crippen LogP contribution in [0.4, 0.5) is 0 Å². The molecule has 1 heterocycles. The number of carbonyl (C=O) groups is 1. The molecule has 2 aromatic rings. The average Bonchev–Trinajstić information content (AvgIpc) is 2.90. The summed E-state index contributed by atoms with van der Waals surface area (Å²) in [7, 11) is 0. The second-order valence-electron chi connectivity index (χ2n) is 4.02. The maximum absolute atomic E-state index is 12.0. The number of aromatic nitrogens is 2. The highest BCUT2D eigenvalue weighted by molar-refractivity contribution is 9.10. The van der Waals surface area contributed by atoms with Crippen LogP contribution in [0.5, 0.6) is 0 Å². The lowest BCUT2D eigenvalue weighted by molar-refractivity contribution is 0.0952. The van der Waals surface area contributed by atoms with Crippen molar-refractivity contribution in [1.29, 1.82) is 0 Å². The minimum atomic E-state index is -0.131. The number of halogens is 2. The molecular weight excluding hydrogens is 330 g/mol. The van der Waals surface area contributed by atoms with Gasteiger partial charge in [0.05, 0.1) is 5.56 Å². The Morgan fingerprint density at radius 2 is 2.32 bits per heavy atom. The quantitative estimate of drug-likeness (QED) is 0.820. The van der Waals surface area contributed by atoms with Gasteiger partial charge in [-0.1, -0.05) is 11.6 Å². The van der Waals surface area contributed by atoms with E-state index >= 15 is 0 Å². The molecule has 100 valence electrons. The number of benzene rings is 1. The maximum Gasteiger partial charge on any atom is 0.252 e. The number of H-pyrrole nitrogens is 1. The van der Waals surface area contributed by atoms with Crippen molar-refractivity contribution < 1.29 is 4.79 Å². The molecule has 0 saturated heterocycles. The number of imidazole rings is 1. The first kappa shape index (κ1) is 14.1. The highest BCUT2D eigenvalue weighted by Gasteiger charge is 2.09. The summed E-state index contributed by atoms with van der Waals surface area (Å²) >= 11 is 9.21. The lowest BCUT2D eigenvalue weighted by atomic mass is 10.2. The molecule has 0 saturated carbocycles. The van der Waals surface area contributed by atoms with Crippen LogP contribution in [0, 0.1) is 0 Å². The fourth-order valence-corrected chi connectivity index (χ4v) is 2.26. The lowest BCUT2D eigenvalue weighted by Gasteiger charge is -2.06. The molecule has 19 heavy (non-hydrogen) atoms. The first-order valence-electron chi connectivity index (χ1n) is 5.88. The number of rotatable bonds is 5. The van der Waals surface area contributed by atoms with E-state index < -0.39 is 0 Å². The van der Waals surface area contributed by atoms with Crippen LogP contribution in [0.2, 0.25) is 5.02 Å². The summed E-state index contributed by atoms with van der Waals surface area (Å²) in [6, 6.07) is 5.15. The third-order valence-electron chi connectivity index (χ3n) is 2.60. The Bertz CT molecular complexity index is 557. The van der Waals surface area contributed by atoms with Crippen molar-refractivity contribution in [2.24, 2.45) is 0 Å². The molecule has 6 heteroatoms. The van der Waals surface area contributed by atoms with Crippen LogP contribution < -0.4 is 5.32 Å². The molecular formula is C13H13BrClN3O. The molecule has 2 rings (SSSR count). The summed E-state index contributed by atoms with van der Waals surface area (Å²) in [6.07, 6.45) is 5.15. The predicted octanol–water partition coefficient (Wildman–Crippen LogP) is 3.19. The number of nitrogens with zero attached hydrogens (tertiary/aromatic N) is 1. The Balaban J connectivity index is 1.82. The zero-order valence-electron chi connectivity index (χ0n) is 10.1. The maximum atomic E-state index is 12.0. The number of carbonyl (C=O) groups excluding carboxylic acids is 1. The van der Waals surface area contributed by atoms with Gasteiger partial charge in [0.25, 0.3) is 5.91 Å².